The maximum atomic E-state index is 12.1. The van der Waals surface area contributed by atoms with Gasteiger partial charge in [-0.05, 0) is 6.07 Å². The van der Waals surface area contributed by atoms with Crippen molar-refractivity contribution in [2.75, 3.05) is 20.3 Å². The first-order valence-corrected chi connectivity index (χ1v) is 6.88. The molecular formula is C13H16BrN3O2. The SMILES string of the molecule is COCC(Br)CNC(=O)c1nn(C)c2ccccc12. The van der Waals surface area contributed by atoms with E-state index in [1.807, 2.05) is 31.3 Å². The average Bonchev–Trinajstić information content (AvgIpc) is 2.75. The minimum Gasteiger partial charge on any atom is -0.383 e. The second-order valence-corrected chi connectivity index (χ2v) is 5.55. The molecule has 1 unspecified atom stereocenters. The predicted octanol–water partition coefficient (Wildman–Crippen LogP) is 1.71. The smallest absolute Gasteiger partial charge is 0.272 e. The zero-order valence-electron chi connectivity index (χ0n) is 10.9. The summed E-state index contributed by atoms with van der Waals surface area (Å²) in [6.07, 6.45) is 0. The van der Waals surface area contributed by atoms with Crippen LogP contribution in [0.1, 0.15) is 10.5 Å². The Kier molecular flexibility index (Phi) is 4.55. The number of nitrogens with zero attached hydrogens (tertiary/aromatic N) is 2. The summed E-state index contributed by atoms with van der Waals surface area (Å²) in [6.45, 7) is 1.04. The van der Waals surface area contributed by atoms with E-state index in [0.717, 1.165) is 10.9 Å². The molecule has 102 valence electrons. The van der Waals surface area contributed by atoms with Crippen molar-refractivity contribution in [3.63, 3.8) is 0 Å². The Morgan fingerprint density at radius 3 is 3.00 bits per heavy atom. The molecule has 19 heavy (non-hydrogen) atoms. The Balaban J connectivity index is 2.13. The van der Waals surface area contributed by atoms with E-state index in [1.165, 1.54) is 0 Å². The first-order valence-electron chi connectivity index (χ1n) is 5.96. The lowest BCUT2D eigenvalue weighted by Gasteiger charge is -2.09. The Morgan fingerprint density at radius 2 is 2.26 bits per heavy atom. The number of methoxy groups -OCH3 is 1. The highest BCUT2D eigenvalue weighted by Crippen LogP contribution is 2.17. The van der Waals surface area contributed by atoms with Gasteiger partial charge in [0.25, 0.3) is 5.91 Å². The highest BCUT2D eigenvalue weighted by molar-refractivity contribution is 9.09. The number of nitrogens with one attached hydrogen (secondary N) is 1. The van der Waals surface area contributed by atoms with Crippen LogP contribution in [-0.4, -0.2) is 40.8 Å². The van der Waals surface area contributed by atoms with Crippen LogP contribution in [0.2, 0.25) is 0 Å². The number of halogens is 1. The second kappa shape index (κ2) is 6.16. The van der Waals surface area contributed by atoms with Gasteiger partial charge in [0.15, 0.2) is 5.69 Å². The quantitative estimate of drug-likeness (QED) is 0.851. The molecule has 0 fully saturated rings. The lowest BCUT2D eigenvalue weighted by atomic mass is 10.2. The largest absolute Gasteiger partial charge is 0.383 e. The molecule has 1 N–H and O–H groups in total. The second-order valence-electron chi connectivity index (χ2n) is 4.25. The number of fused-ring (bicyclic) bond motifs is 1. The summed E-state index contributed by atoms with van der Waals surface area (Å²) in [4.78, 5) is 12.2. The summed E-state index contributed by atoms with van der Waals surface area (Å²) in [5.41, 5.74) is 1.40. The van der Waals surface area contributed by atoms with Gasteiger partial charge in [-0.1, -0.05) is 34.1 Å². The summed E-state index contributed by atoms with van der Waals surface area (Å²) < 4.78 is 6.71. The van der Waals surface area contributed by atoms with Gasteiger partial charge in [0.2, 0.25) is 0 Å². The molecule has 1 aromatic carbocycles. The van der Waals surface area contributed by atoms with Crippen LogP contribution in [0, 0.1) is 0 Å². The van der Waals surface area contributed by atoms with Gasteiger partial charge in [-0.3, -0.25) is 9.48 Å². The Morgan fingerprint density at radius 1 is 1.53 bits per heavy atom. The minimum atomic E-state index is -0.169. The number of para-hydroxylation sites is 1. The Bertz CT molecular complexity index is 582. The van der Waals surface area contributed by atoms with E-state index in [-0.39, 0.29) is 10.7 Å². The number of rotatable bonds is 5. The molecule has 0 aliphatic rings. The summed E-state index contributed by atoms with van der Waals surface area (Å²) >= 11 is 3.43. The summed E-state index contributed by atoms with van der Waals surface area (Å²) in [5, 5.41) is 7.98. The monoisotopic (exact) mass is 325 g/mol. The zero-order valence-corrected chi connectivity index (χ0v) is 12.5. The number of amides is 1. The predicted molar refractivity (Wildman–Crippen MR) is 77.6 cm³/mol. The van der Waals surface area contributed by atoms with Gasteiger partial charge in [-0.25, -0.2) is 0 Å². The third-order valence-electron chi connectivity index (χ3n) is 2.80. The number of carbonyl (C=O) groups is 1. The van der Waals surface area contributed by atoms with E-state index >= 15 is 0 Å². The normalized spacial score (nSPS) is 12.6. The maximum absolute atomic E-state index is 12.1. The van der Waals surface area contributed by atoms with Crippen molar-refractivity contribution in [3.05, 3.63) is 30.0 Å². The average molecular weight is 326 g/mol. The molecule has 5 nitrogen and oxygen atoms in total. The lowest BCUT2D eigenvalue weighted by molar-refractivity contribution is 0.0946. The molecule has 0 radical (unpaired) electrons. The van der Waals surface area contributed by atoms with Crippen LogP contribution in [-0.2, 0) is 11.8 Å². The van der Waals surface area contributed by atoms with Gasteiger partial charge in [0.1, 0.15) is 0 Å². The van der Waals surface area contributed by atoms with E-state index < -0.39 is 0 Å². The summed E-state index contributed by atoms with van der Waals surface area (Å²) in [7, 11) is 3.46. The van der Waals surface area contributed by atoms with E-state index in [1.54, 1.807) is 11.8 Å². The molecule has 0 spiro atoms. The van der Waals surface area contributed by atoms with Crippen LogP contribution in [0.5, 0.6) is 0 Å². The standard InChI is InChI=1S/C13H16BrN3O2/c1-17-11-6-4-3-5-10(11)12(16-17)13(18)15-7-9(14)8-19-2/h3-6,9H,7-8H2,1-2H3,(H,15,18). The first kappa shape index (κ1) is 14.0. The molecule has 0 aliphatic heterocycles. The minimum absolute atomic E-state index is 0.0939. The van der Waals surface area contributed by atoms with Crippen molar-refractivity contribution in [2.45, 2.75) is 4.83 Å². The van der Waals surface area contributed by atoms with Crippen LogP contribution in [0.4, 0.5) is 0 Å². The van der Waals surface area contributed by atoms with Crippen LogP contribution in [0.25, 0.3) is 10.9 Å². The van der Waals surface area contributed by atoms with Crippen LogP contribution >= 0.6 is 15.9 Å². The zero-order chi connectivity index (χ0) is 13.8. The molecule has 0 saturated heterocycles. The van der Waals surface area contributed by atoms with Crippen LogP contribution in [0.3, 0.4) is 0 Å². The maximum Gasteiger partial charge on any atom is 0.272 e. The molecule has 1 heterocycles. The third kappa shape index (κ3) is 3.13. The summed E-state index contributed by atoms with van der Waals surface area (Å²) in [5.74, 6) is -0.169. The highest BCUT2D eigenvalue weighted by atomic mass is 79.9. The third-order valence-corrected chi connectivity index (χ3v) is 3.39. The van der Waals surface area contributed by atoms with E-state index in [0.29, 0.717) is 18.8 Å². The van der Waals surface area contributed by atoms with Crippen molar-refractivity contribution >= 4 is 32.7 Å². The number of aromatic nitrogens is 2. The molecule has 0 saturated carbocycles. The molecule has 6 heteroatoms. The fourth-order valence-electron chi connectivity index (χ4n) is 1.91. The number of hydrogen-bond donors (Lipinski definition) is 1. The van der Waals surface area contributed by atoms with E-state index in [4.69, 9.17) is 4.74 Å². The van der Waals surface area contributed by atoms with E-state index in [2.05, 4.69) is 26.3 Å². The molecule has 0 bridgehead atoms. The number of alkyl halides is 1. The van der Waals surface area contributed by atoms with Gasteiger partial charge >= 0.3 is 0 Å². The fraction of sp³-hybridized carbons (Fsp3) is 0.385. The van der Waals surface area contributed by atoms with Crippen molar-refractivity contribution in [2.24, 2.45) is 7.05 Å². The molecular weight excluding hydrogens is 310 g/mol. The Hall–Kier alpha value is -1.40. The molecule has 0 aliphatic carbocycles. The van der Waals surface area contributed by atoms with Crippen molar-refractivity contribution in [1.82, 2.24) is 15.1 Å². The highest BCUT2D eigenvalue weighted by Gasteiger charge is 2.16. The molecule has 1 aromatic heterocycles. The molecule has 1 atom stereocenters. The number of carbonyl (C=O) groups excluding carboxylic acids is 1. The fourth-order valence-corrected chi connectivity index (χ4v) is 2.33. The first-order chi connectivity index (χ1) is 9.13. The molecule has 1 amide bonds. The van der Waals surface area contributed by atoms with Gasteiger partial charge in [-0.15, -0.1) is 0 Å². The van der Waals surface area contributed by atoms with Crippen molar-refractivity contribution in [3.8, 4) is 0 Å². The Labute approximate surface area is 120 Å². The van der Waals surface area contributed by atoms with Gasteiger partial charge in [0.05, 0.1) is 17.0 Å². The topological polar surface area (TPSA) is 56.1 Å². The van der Waals surface area contributed by atoms with Gasteiger partial charge < -0.3 is 10.1 Å². The van der Waals surface area contributed by atoms with Crippen molar-refractivity contribution in [1.29, 1.82) is 0 Å². The number of hydrogen-bond acceptors (Lipinski definition) is 3. The molecule has 2 aromatic rings. The number of ether oxygens (including phenoxy) is 1. The number of benzene rings is 1. The number of aryl methyl sites for hydroxylation is 1. The molecule has 2 rings (SSSR count). The lowest BCUT2D eigenvalue weighted by Crippen LogP contribution is -2.31. The van der Waals surface area contributed by atoms with E-state index in [9.17, 15) is 4.79 Å². The summed E-state index contributed by atoms with van der Waals surface area (Å²) in [6, 6.07) is 7.67. The van der Waals surface area contributed by atoms with Crippen LogP contribution in [0.15, 0.2) is 24.3 Å². The van der Waals surface area contributed by atoms with Gasteiger partial charge in [0, 0.05) is 26.1 Å². The van der Waals surface area contributed by atoms with Crippen molar-refractivity contribution < 1.29 is 9.53 Å². The van der Waals surface area contributed by atoms with Crippen LogP contribution < -0.4 is 5.32 Å². The van der Waals surface area contributed by atoms with Gasteiger partial charge in [-0.2, -0.15) is 5.10 Å².